The molecule has 2 rings (SSSR count). The van der Waals surface area contributed by atoms with Gasteiger partial charge in [0.05, 0.1) is 30.3 Å². The van der Waals surface area contributed by atoms with Gasteiger partial charge in [0.25, 0.3) is 0 Å². The summed E-state index contributed by atoms with van der Waals surface area (Å²) in [5.74, 6) is -0.613. The van der Waals surface area contributed by atoms with Crippen molar-refractivity contribution < 1.29 is 14.6 Å². The summed E-state index contributed by atoms with van der Waals surface area (Å²) in [6.45, 7) is 4.25. The molecular weight excluding hydrogens is 292 g/mol. The van der Waals surface area contributed by atoms with Crippen molar-refractivity contribution in [2.45, 2.75) is 19.9 Å². The zero-order valence-corrected chi connectivity index (χ0v) is 13.0. The molecule has 0 amide bonds. The third-order valence-corrected chi connectivity index (χ3v) is 3.28. The fraction of sp³-hybridized carbons (Fsp3) is 0.222. The summed E-state index contributed by atoms with van der Waals surface area (Å²) in [6, 6.07) is 12.9. The van der Waals surface area contributed by atoms with Crippen LogP contribution in [0, 0.1) is 18.3 Å². The van der Waals surface area contributed by atoms with E-state index in [1.54, 1.807) is 36.4 Å². The van der Waals surface area contributed by atoms with E-state index in [9.17, 15) is 9.90 Å². The number of carboxylic acid groups (broad SMARTS) is 1. The normalized spacial score (nSPS) is 11.3. The Kier molecular flexibility index (Phi) is 5.21. The second kappa shape index (κ2) is 7.32. The zero-order valence-electron chi connectivity index (χ0n) is 13.0. The predicted octanol–water partition coefficient (Wildman–Crippen LogP) is 2.17. The van der Waals surface area contributed by atoms with E-state index in [-0.39, 0.29) is 0 Å². The number of hydrogen-bond donors (Lipinski definition) is 1. The standard InChI is InChI=1S/C18H18N2O3/c1-3-23-16-9-12(2)8-14(10-16)17(18(21)22)20-15-6-4-13(11-19)5-7-15/h4-10,17,20H,3H2,1-2H3,(H,21,22)/p-1. The number of aliphatic carboxylic acids is 1. The lowest BCUT2D eigenvalue weighted by atomic mass is 10.0. The minimum absolute atomic E-state index is 0.502. The first-order chi connectivity index (χ1) is 11.0. The maximum Gasteiger partial charge on any atom is 0.119 e. The van der Waals surface area contributed by atoms with E-state index in [1.165, 1.54) is 0 Å². The van der Waals surface area contributed by atoms with Crippen molar-refractivity contribution in [1.82, 2.24) is 0 Å². The zero-order chi connectivity index (χ0) is 16.8. The van der Waals surface area contributed by atoms with Crippen molar-refractivity contribution in [3.05, 3.63) is 59.2 Å². The third-order valence-electron chi connectivity index (χ3n) is 3.28. The lowest BCUT2D eigenvalue weighted by molar-refractivity contribution is -0.307. The molecule has 1 N–H and O–H groups in total. The van der Waals surface area contributed by atoms with Crippen LogP contribution in [0.2, 0.25) is 0 Å². The van der Waals surface area contributed by atoms with Gasteiger partial charge in [-0.05, 0) is 61.4 Å². The highest BCUT2D eigenvalue weighted by molar-refractivity contribution is 5.77. The highest BCUT2D eigenvalue weighted by Crippen LogP contribution is 2.25. The van der Waals surface area contributed by atoms with Gasteiger partial charge in [-0.1, -0.05) is 6.07 Å². The van der Waals surface area contributed by atoms with Crippen LogP contribution < -0.4 is 15.2 Å². The minimum atomic E-state index is -1.23. The largest absolute Gasteiger partial charge is 0.548 e. The number of rotatable bonds is 6. The summed E-state index contributed by atoms with van der Waals surface area (Å²) < 4.78 is 5.46. The molecule has 0 spiro atoms. The van der Waals surface area contributed by atoms with Crippen LogP contribution in [0.5, 0.6) is 5.75 Å². The Balaban J connectivity index is 2.31. The molecule has 2 aromatic carbocycles. The molecule has 1 atom stereocenters. The summed E-state index contributed by atoms with van der Waals surface area (Å²) in [4.78, 5) is 11.5. The predicted molar refractivity (Wildman–Crippen MR) is 84.9 cm³/mol. The third kappa shape index (κ3) is 4.24. The van der Waals surface area contributed by atoms with E-state index in [1.807, 2.05) is 26.0 Å². The number of benzene rings is 2. The highest BCUT2D eigenvalue weighted by Gasteiger charge is 2.14. The van der Waals surface area contributed by atoms with Crippen LogP contribution >= 0.6 is 0 Å². The summed E-state index contributed by atoms with van der Waals surface area (Å²) in [5, 5.41) is 23.3. The van der Waals surface area contributed by atoms with E-state index in [4.69, 9.17) is 10.00 Å². The SMILES string of the molecule is CCOc1cc(C)cc(C(Nc2ccc(C#N)cc2)C(=O)[O-])c1. The van der Waals surface area contributed by atoms with Gasteiger partial charge in [-0.15, -0.1) is 0 Å². The van der Waals surface area contributed by atoms with Crippen molar-refractivity contribution in [3.63, 3.8) is 0 Å². The molecule has 23 heavy (non-hydrogen) atoms. The number of carbonyl (C=O) groups is 1. The molecular formula is C18H17N2O3-. The second-order valence-electron chi connectivity index (χ2n) is 5.10. The second-order valence-corrected chi connectivity index (χ2v) is 5.10. The molecule has 5 nitrogen and oxygen atoms in total. The number of aryl methyl sites for hydroxylation is 1. The van der Waals surface area contributed by atoms with Crippen LogP contribution in [-0.4, -0.2) is 12.6 Å². The number of nitriles is 1. The number of nitrogens with zero attached hydrogens (tertiary/aromatic N) is 1. The highest BCUT2D eigenvalue weighted by atomic mass is 16.5. The van der Waals surface area contributed by atoms with Gasteiger partial charge in [0.1, 0.15) is 5.75 Å². The van der Waals surface area contributed by atoms with Gasteiger partial charge < -0.3 is 20.0 Å². The smallest absolute Gasteiger partial charge is 0.119 e. The Morgan fingerprint density at radius 2 is 2.00 bits per heavy atom. The monoisotopic (exact) mass is 309 g/mol. The van der Waals surface area contributed by atoms with E-state index >= 15 is 0 Å². The Morgan fingerprint density at radius 1 is 1.30 bits per heavy atom. The van der Waals surface area contributed by atoms with Crippen LogP contribution in [0.3, 0.4) is 0 Å². The first-order valence-electron chi connectivity index (χ1n) is 7.25. The van der Waals surface area contributed by atoms with Gasteiger partial charge in [-0.3, -0.25) is 0 Å². The van der Waals surface area contributed by atoms with Gasteiger partial charge in [-0.25, -0.2) is 0 Å². The maximum absolute atomic E-state index is 11.5. The van der Waals surface area contributed by atoms with Crippen LogP contribution in [0.15, 0.2) is 42.5 Å². The average molecular weight is 309 g/mol. The van der Waals surface area contributed by atoms with Crippen LogP contribution in [0.25, 0.3) is 0 Å². The Bertz CT molecular complexity index is 733. The van der Waals surface area contributed by atoms with Crippen molar-refractivity contribution >= 4 is 11.7 Å². The topological polar surface area (TPSA) is 85.2 Å². The molecule has 0 saturated carbocycles. The molecule has 0 aliphatic heterocycles. The average Bonchev–Trinajstić information content (AvgIpc) is 2.52. The van der Waals surface area contributed by atoms with Gasteiger partial charge >= 0.3 is 0 Å². The molecule has 0 bridgehead atoms. The van der Waals surface area contributed by atoms with Crippen LogP contribution in [0.4, 0.5) is 5.69 Å². The molecule has 118 valence electrons. The number of ether oxygens (including phenoxy) is 1. The van der Waals surface area contributed by atoms with E-state index in [0.29, 0.717) is 29.2 Å². The van der Waals surface area contributed by atoms with E-state index in [2.05, 4.69) is 5.32 Å². The molecule has 0 aromatic heterocycles. The van der Waals surface area contributed by atoms with Gasteiger partial charge in [-0.2, -0.15) is 5.26 Å². The quantitative estimate of drug-likeness (QED) is 0.884. The molecule has 0 heterocycles. The van der Waals surface area contributed by atoms with Crippen LogP contribution in [-0.2, 0) is 4.79 Å². The number of carboxylic acids is 1. The molecule has 0 saturated heterocycles. The van der Waals surface area contributed by atoms with Gasteiger partial charge in [0.15, 0.2) is 0 Å². The van der Waals surface area contributed by atoms with Crippen molar-refractivity contribution in [3.8, 4) is 11.8 Å². The molecule has 0 aliphatic carbocycles. The van der Waals surface area contributed by atoms with E-state index in [0.717, 1.165) is 5.56 Å². The lowest BCUT2D eigenvalue weighted by Gasteiger charge is -2.22. The number of hydrogen-bond acceptors (Lipinski definition) is 5. The van der Waals surface area contributed by atoms with E-state index < -0.39 is 12.0 Å². The van der Waals surface area contributed by atoms with Crippen molar-refractivity contribution in [2.75, 3.05) is 11.9 Å². The van der Waals surface area contributed by atoms with Crippen LogP contribution in [0.1, 0.15) is 29.7 Å². The first kappa shape index (κ1) is 16.4. The van der Waals surface area contributed by atoms with Gasteiger partial charge in [0, 0.05) is 5.69 Å². The molecule has 2 aromatic rings. The Morgan fingerprint density at radius 3 is 2.57 bits per heavy atom. The lowest BCUT2D eigenvalue weighted by Crippen LogP contribution is -2.34. The number of carbonyl (C=O) groups excluding carboxylic acids is 1. The van der Waals surface area contributed by atoms with Crippen molar-refractivity contribution in [2.24, 2.45) is 0 Å². The fourth-order valence-corrected chi connectivity index (χ4v) is 2.28. The molecule has 0 fully saturated rings. The number of nitrogens with one attached hydrogen (secondary N) is 1. The minimum Gasteiger partial charge on any atom is -0.548 e. The summed E-state index contributed by atoms with van der Waals surface area (Å²) in [5.41, 5.74) is 2.56. The molecule has 0 radical (unpaired) electrons. The van der Waals surface area contributed by atoms with Crippen molar-refractivity contribution in [1.29, 1.82) is 5.26 Å². The summed E-state index contributed by atoms with van der Waals surface area (Å²) in [7, 11) is 0. The Labute approximate surface area is 135 Å². The first-order valence-corrected chi connectivity index (χ1v) is 7.25. The molecule has 1 unspecified atom stereocenters. The maximum atomic E-state index is 11.5. The van der Waals surface area contributed by atoms with Gasteiger partial charge in [0.2, 0.25) is 0 Å². The Hall–Kier alpha value is -3.00. The molecule has 5 heteroatoms. The summed E-state index contributed by atoms with van der Waals surface area (Å²) in [6.07, 6.45) is 0. The number of anilines is 1. The summed E-state index contributed by atoms with van der Waals surface area (Å²) >= 11 is 0. The fourth-order valence-electron chi connectivity index (χ4n) is 2.28. The molecule has 0 aliphatic rings.